The summed E-state index contributed by atoms with van der Waals surface area (Å²) in [6, 6.07) is 1.26. The molecule has 0 heterocycles. The van der Waals surface area contributed by atoms with Gasteiger partial charge in [0, 0.05) is 27.4 Å². The Morgan fingerprint density at radius 1 is 0.923 bits per heavy atom. The maximum absolute atomic E-state index is 11.5. The molecule has 0 aliphatic rings. The Hall–Kier alpha value is 0.274. The number of hydrogen-bond acceptors (Lipinski definition) is 3. The predicted octanol–water partition coefficient (Wildman–Crippen LogP) is 1.50. The average Bonchev–Trinajstić information content (AvgIpc) is 2.06. The summed E-state index contributed by atoms with van der Waals surface area (Å²) in [5.41, 5.74) is 0. The Morgan fingerprint density at radius 2 is 1.31 bits per heavy atom. The van der Waals surface area contributed by atoms with Crippen molar-refractivity contribution in [3.05, 3.63) is 0 Å². The minimum absolute atomic E-state index is 0.624. The third-order valence-electron chi connectivity index (χ3n) is 1.97. The molecule has 0 fully saturated rings. The van der Waals surface area contributed by atoms with E-state index in [0.717, 1.165) is 0 Å². The summed E-state index contributed by atoms with van der Waals surface area (Å²) in [7, 11) is -0.0594. The van der Waals surface area contributed by atoms with Gasteiger partial charge in [0.15, 0.2) is 0 Å². The molecule has 0 saturated carbocycles. The van der Waals surface area contributed by atoms with Crippen molar-refractivity contribution >= 4 is 17.1 Å². The van der Waals surface area contributed by atoms with Gasteiger partial charge in [-0.1, -0.05) is 0 Å². The van der Waals surface area contributed by atoms with Crippen molar-refractivity contribution < 1.29 is 18.1 Å². The molecule has 0 spiro atoms. The minimum Gasteiger partial charge on any atom is -0.377 e. The number of hydrogen-bond donors (Lipinski definition) is 0. The van der Waals surface area contributed by atoms with E-state index in [-0.39, 0.29) is 0 Å². The standard InChI is InChI=1S/C7H19O4Si2/c1-9-13(10-2,11-3)7-6-12(4,5)8/h6-7H2,1-5H3. The van der Waals surface area contributed by atoms with Crippen molar-refractivity contribution in [1.82, 2.24) is 0 Å². The van der Waals surface area contributed by atoms with E-state index in [1.54, 1.807) is 34.4 Å². The molecule has 79 valence electrons. The first kappa shape index (κ1) is 13.3. The van der Waals surface area contributed by atoms with Crippen LogP contribution < -0.4 is 0 Å². The Labute approximate surface area is 82.3 Å². The molecular formula is C7H19O4Si2. The van der Waals surface area contributed by atoms with E-state index in [2.05, 4.69) is 0 Å². The fourth-order valence-corrected chi connectivity index (χ4v) is 5.76. The SMILES string of the molecule is CO[Si](CC[Si](C)(C)[O])(OC)OC. The fourth-order valence-electron chi connectivity index (χ4n) is 1.01. The monoisotopic (exact) mass is 223 g/mol. The fraction of sp³-hybridized carbons (Fsp3) is 1.00. The van der Waals surface area contributed by atoms with Gasteiger partial charge in [0.1, 0.15) is 0 Å². The molecule has 0 aromatic carbocycles. The predicted molar refractivity (Wildman–Crippen MR) is 54.6 cm³/mol. The molecular weight excluding hydrogens is 204 g/mol. The van der Waals surface area contributed by atoms with Crippen LogP contribution in [0.15, 0.2) is 0 Å². The van der Waals surface area contributed by atoms with Crippen molar-refractivity contribution in [2.45, 2.75) is 25.2 Å². The zero-order chi connectivity index (χ0) is 10.5. The topological polar surface area (TPSA) is 47.6 Å². The van der Waals surface area contributed by atoms with Crippen LogP contribution in [0.25, 0.3) is 0 Å². The lowest BCUT2D eigenvalue weighted by atomic mass is 10.9. The lowest BCUT2D eigenvalue weighted by Crippen LogP contribution is -2.44. The van der Waals surface area contributed by atoms with Crippen molar-refractivity contribution in [3.8, 4) is 0 Å². The normalized spacial score (nSPS) is 13.4. The molecule has 6 heteroatoms. The van der Waals surface area contributed by atoms with Crippen molar-refractivity contribution in [2.24, 2.45) is 0 Å². The van der Waals surface area contributed by atoms with Gasteiger partial charge in [-0.3, -0.25) is 4.80 Å². The number of rotatable bonds is 6. The van der Waals surface area contributed by atoms with Crippen molar-refractivity contribution in [1.29, 1.82) is 0 Å². The van der Waals surface area contributed by atoms with Crippen LogP contribution in [0.2, 0.25) is 25.2 Å². The van der Waals surface area contributed by atoms with Gasteiger partial charge in [0.25, 0.3) is 0 Å². The Morgan fingerprint density at radius 3 is 1.54 bits per heavy atom. The van der Waals surface area contributed by atoms with Crippen LogP contribution in [0, 0.1) is 0 Å². The van der Waals surface area contributed by atoms with Crippen LogP contribution in [-0.2, 0) is 18.1 Å². The van der Waals surface area contributed by atoms with E-state index in [0.29, 0.717) is 12.1 Å². The first-order valence-corrected chi connectivity index (χ1v) is 9.30. The average molecular weight is 223 g/mol. The van der Waals surface area contributed by atoms with Crippen LogP contribution in [0.1, 0.15) is 0 Å². The molecule has 0 aliphatic heterocycles. The zero-order valence-electron chi connectivity index (χ0n) is 9.05. The maximum Gasteiger partial charge on any atom is 0.499 e. The molecule has 0 bridgehead atoms. The van der Waals surface area contributed by atoms with E-state index in [9.17, 15) is 4.80 Å². The van der Waals surface area contributed by atoms with E-state index in [1.165, 1.54) is 0 Å². The molecule has 0 N–H and O–H groups in total. The van der Waals surface area contributed by atoms with Crippen LogP contribution >= 0.6 is 0 Å². The summed E-state index contributed by atoms with van der Waals surface area (Å²) in [6.45, 7) is 3.57. The smallest absolute Gasteiger partial charge is 0.377 e. The van der Waals surface area contributed by atoms with Gasteiger partial charge in [-0.2, -0.15) is 0 Å². The maximum atomic E-state index is 11.5. The summed E-state index contributed by atoms with van der Waals surface area (Å²) >= 11 is 0. The van der Waals surface area contributed by atoms with Crippen LogP contribution in [0.4, 0.5) is 0 Å². The van der Waals surface area contributed by atoms with Gasteiger partial charge in [0.2, 0.25) is 8.32 Å². The summed E-state index contributed by atoms with van der Waals surface area (Å²) in [6.07, 6.45) is 0. The van der Waals surface area contributed by atoms with Crippen LogP contribution in [-0.4, -0.2) is 38.5 Å². The Balaban J connectivity index is 4.11. The largest absolute Gasteiger partial charge is 0.499 e. The highest BCUT2D eigenvalue weighted by Gasteiger charge is 2.39. The van der Waals surface area contributed by atoms with E-state index in [4.69, 9.17) is 13.3 Å². The first-order chi connectivity index (χ1) is 5.89. The molecule has 0 aliphatic carbocycles. The first-order valence-electron chi connectivity index (χ1n) is 4.25. The Bertz CT molecular complexity index is 134. The van der Waals surface area contributed by atoms with Gasteiger partial charge < -0.3 is 13.3 Å². The molecule has 0 rings (SSSR count). The van der Waals surface area contributed by atoms with Gasteiger partial charge in [-0.15, -0.1) is 0 Å². The highest BCUT2D eigenvalue weighted by atomic mass is 28.4. The molecule has 1 radical (unpaired) electrons. The minimum atomic E-state index is -2.49. The molecule has 0 unspecified atom stereocenters. The highest BCUT2D eigenvalue weighted by Crippen LogP contribution is 2.20. The lowest BCUT2D eigenvalue weighted by molar-refractivity contribution is 0.124. The van der Waals surface area contributed by atoms with Crippen molar-refractivity contribution in [2.75, 3.05) is 21.3 Å². The van der Waals surface area contributed by atoms with E-state index in [1.807, 2.05) is 0 Å². The van der Waals surface area contributed by atoms with Gasteiger partial charge in [0.05, 0.1) is 0 Å². The molecule has 4 nitrogen and oxygen atoms in total. The van der Waals surface area contributed by atoms with Crippen LogP contribution in [0.3, 0.4) is 0 Å². The molecule has 0 amide bonds. The van der Waals surface area contributed by atoms with Crippen LogP contribution in [0.5, 0.6) is 0 Å². The second-order valence-corrected chi connectivity index (χ2v) is 10.7. The van der Waals surface area contributed by atoms with Gasteiger partial charge in [-0.05, 0) is 19.1 Å². The summed E-state index contributed by atoms with van der Waals surface area (Å²) in [5.74, 6) is 0. The Kier molecular flexibility index (Phi) is 5.34. The molecule has 0 aromatic rings. The summed E-state index contributed by atoms with van der Waals surface area (Å²) < 4.78 is 15.6. The van der Waals surface area contributed by atoms with Crippen molar-refractivity contribution in [3.63, 3.8) is 0 Å². The third-order valence-corrected chi connectivity index (χ3v) is 6.65. The van der Waals surface area contributed by atoms with E-state index >= 15 is 0 Å². The summed E-state index contributed by atoms with van der Waals surface area (Å²) in [4.78, 5) is 11.5. The third kappa shape index (κ3) is 4.89. The summed E-state index contributed by atoms with van der Waals surface area (Å²) in [5, 5.41) is 0. The molecule has 0 atom stereocenters. The lowest BCUT2D eigenvalue weighted by Gasteiger charge is -2.25. The molecule has 13 heavy (non-hydrogen) atoms. The van der Waals surface area contributed by atoms with Gasteiger partial charge >= 0.3 is 8.80 Å². The quantitative estimate of drug-likeness (QED) is 0.641. The van der Waals surface area contributed by atoms with E-state index < -0.39 is 17.1 Å². The second-order valence-electron chi connectivity index (χ2n) is 3.56. The molecule has 0 aromatic heterocycles. The van der Waals surface area contributed by atoms with Gasteiger partial charge in [-0.25, -0.2) is 0 Å². The highest BCUT2D eigenvalue weighted by molar-refractivity contribution is 6.72. The second kappa shape index (κ2) is 5.23. The zero-order valence-corrected chi connectivity index (χ0v) is 11.0. The molecule has 0 saturated heterocycles.